The first-order valence-electron chi connectivity index (χ1n) is 16.3. The standard InChI is InChI=1S/C34H52F2O2/c1-3-5-23-6-10-25(11-7-23)27-14-16-30-21-28(15-17-29(30)20-27)26-12-8-24(9-13-26)22-38-32-19-18-31(37-4-2)33(35)34(32)36/h18-19,23-30H,3-17,20-22H2,1-2H3. The van der Waals surface area contributed by atoms with Gasteiger partial charge in [0.25, 0.3) is 0 Å². The van der Waals surface area contributed by atoms with E-state index in [0.717, 1.165) is 54.3 Å². The number of hydrogen-bond donors (Lipinski definition) is 0. The summed E-state index contributed by atoms with van der Waals surface area (Å²) in [5.41, 5.74) is 0. The number of ether oxygens (including phenoxy) is 2. The monoisotopic (exact) mass is 530 g/mol. The van der Waals surface area contributed by atoms with E-state index in [-0.39, 0.29) is 11.5 Å². The first kappa shape index (κ1) is 28.2. The van der Waals surface area contributed by atoms with Gasteiger partial charge >= 0.3 is 0 Å². The molecule has 4 saturated carbocycles. The lowest BCUT2D eigenvalue weighted by Crippen LogP contribution is -2.37. The Kier molecular flexibility index (Phi) is 9.92. The highest BCUT2D eigenvalue weighted by Gasteiger charge is 2.41. The number of fused-ring (bicyclic) bond motifs is 1. The van der Waals surface area contributed by atoms with Gasteiger partial charge in [-0.15, -0.1) is 0 Å². The molecule has 4 fully saturated rings. The Morgan fingerprint density at radius 2 is 1.00 bits per heavy atom. The van der Waals surface area contributed by atoms with Gasteiger partial charge < -0.3 is 9.47 Å². The maximum atomic E-state index is 14.4. The molecular weight excluding hydrogens is 478 g/mol. The lowest BCUT2D eigenvalue weighted by Gasteiger charge is -2.47. The van der Waals surface area contributed by atoms with Crippen molar-refractivity contribution in [1.82, 2.24) is 0 Å². The quantitative estimate of drug-likeness (QED) is 0.316. The molecule has 214 valence electrons. The van der Waals surface area contributed by atoms with Gasteiger partial charge in [-0.25, -0.2) is 0 Å². The number of rotatable bonds is 9. The molecule has 2 nitrogen and oxygen atoms in total. The van der Waals surface area contributed by atoms with E-state index in [9.17, 15) is 8.78 Å². The van der Waals surface area contributed by atoms with Crippen molar-refractivity contribution in [3.05, 3.63) is 23.8 Å². The normalized spacial score (nSPS) is 35.9. The van der Waals surface area contributed by atoms with Crippen LogP contribution in [0.15, 0.2) is 12.1 Å². The van der Waals surface area contributed by atoms with Crippen molar-refractivity contribution in [2.24, 2.45) is 47.3 Å². The summed E-state index contributed by atoms with van der Waals surface area (Å²) >= 11 is 0. The second-order valence-corrected chi connectivity index (χ2v) is 13.5. The van der Waals surface area contributed by atoms with Crippen LogP contribution >= 0.6 is 0 Å². The molecule has 0 bridgehead atoms. The van der Waals surface area contributed by atoms with Crippen molar-refractivity contribution in [2.45, 2.75) is 117 Å². The molecule has 4 aliphatic carbocycles. The van der Waals surface area contributed by atoms with Gasteiger partial charge in [0.05, 0.1) is 13.2 Å². The summed E-state index contributed by atoms with van der Waals surface area (Å²) in [6.07, 6.45) is 22.7. The van der Waals surface area contributed by atoms with Gasteiger partial charge in [0.2, 0.25) is 11.6 Å². The average Bonchev–Trinajstić information content (AvgIpc) is 2.95. The van der Waals surface area contributed by atoms with Gasteiger partial charge in [-0.1, -0.05) is 32.6 Å². The summed E-state index contributed by atoms with van der Waals surface area (Å²) in [6, 6.07) is 2.97. The van der Waals surface area contributed by atoms with E-state index in [4.69, 9.17) is 9.47 Å². The average molecular weight is 531 g/mol. The largest absolute Gasteiger partial charge is 0.491 e. The van der Waals surface area contributed by atoms with Crippen LogP contribution < -0.4 is 9.47 Å². The molecule has 0 saturated heterocycles. The minimum absolute atomic E-state index is 0.0102. The van der Waals surface area contributed by atoms with E-state index in [2.05, 4.69) is 6.92 Å². The predicted molar refractivity (Wildman–Crippen MR) is 150 cm³/mol. The molecule has 4 atom stereocenters. The van der Waals surface area contributed by atoms with Crippen LogP contribution in [0.25, 0.3) is 0 Å². The topological polar surface area (TPSA) is 18.5 Å². The van der Waals surface area contributed by atoms with Crippen LogP contribution in [0.5, 0.6) is 11.5 Å². The van der Waals surface area contributed by atoms with Crippen molar-refractivity contribution in [1.29, 1.82) is 0 Å². The first-order valence-corrected chi connectivity index (χ1v) is 16.3. The number of hydrogen-bond acceptors (Lipinski definition) is 2. The summed E-state index contributed by atoms with van der Waals surface area (Å²) < 4.78 is 39.4. The molecule has 4 heteroatoms. The molecular formula is C34H52F2O2. The van der Waals surface area contributed by atoms with Crippen LogP contribution in [0.1, 0.15) is 117 Å². The van der Waals surface area contributed by atoms with Gasteiger partial charge in [0.1, 0.15) is 0 Å². The van der Waals surface area contributed by atoms with Crippen LogP contribution in [0, 0.1) is 59.0 Å². The van der Waals surface area contributed by atoms with Gasteiger partial charge in [0.15, 0.2) is 11.5 Å². The van der Waals surface area contributed by atoms with E-state index in [0.29, 0.717) is 19.1 Å². The predicted octanol–water partition coefficient (Wildman–Crippen LogP) is 9.99. The summed E-state index contributed by atoms with van der Waals surface area (Å²) in [5, 5.41) is 0. The second-order valence-electron chi connectivity index (χ2n) is 13.5. The van der Waals surface area contributed by atoms with Gasteiger partial charge in [-0.05, 0) is 143 Å². The minimum atomic E-state index is -0.947. The van der Waals surface area contributed by atoms with E-state index in [1.165, 1.54) is 102 Å². The molecule has 38 heavy (non-hydrogen) atoms. The van der Waals surface area contributed by atoms with Crippen LogP contribution in [-0.2, 0) is 0 Å². The van der Waals surface area contributed by atoms with Crippen molar-refractivity contribution >= 4 is 0 Å². The van der Waals surface area contributed by atoms with Gasteiger partial charge in [-0.2, -0.15) is 8.78 Å². The molecule has 0 spiro atoms. The highest BCUT2D eigenvalue weighted by Crippen LogP contribution is 2.52. The Morgan fingerprint density at radius 3 is 1.47 bits per heavy atom. The Labute approximate surface area is 230 Å². The smallest absolute Gasteiger partial charge is 0.204 e. The molecule has 0 radical (unpaired) electrons. The third kappa shape index (κ3) is 6.69. The second kappa shape index (κ2) is 13.4. The van der Waals surface area contributed by atoms with E-state index in [1.54, 1.807) is 6.92 Å². The summed E-state index contributed by atoms with van der Waals surface area (Å²) in [7, 11) is 0. The maximum Gasteiger partial charge on any atom is 0.204 e. The third-order valence-corrected chi connectivity index (χ3v) is 11.3. The zero-order chi connectivity index (χ0) is 26.5. The summed E-state index contributed by atoms with van der Waals surface area (Å²) in [4.78, 5) is 0. The minimum Gasteiger partial charge on any atom is -0.491 e. The molecule has 0 N–H and O–H groups in total. The molecule has 1 aromatic carbocycles. The number of halogens is 2. The SMILES string of the molecule is CCCC1CCC(C2CCC3CC(C4CCC(COc5ccc(OCC)c(F)c5F)CC4)CCC3C2)CC1. The van der Waals surface area contributed by atoms with E-state index < -0.39 is 11.6 Å². The Morgan fingerprint density at radius 1 is 0.579 bits per heavy atom. The summed E-state index contributed by atoms with van der Waals surface area (Å²) in [5.74, 6) is 5.39. The van der Waals surface area contributed by atoms with Crippen molar-refractivity contribution in [3.63, 3.8) is 0 Å². The molecule has 0 aromatic heterocycles. The fraction of sp³-hybridized carbons (Fsp3) is 0.824. The summed E-state index contributed by atoms with van der Waals surface area (Å²) in [6.45, 7) is 4.89. The van der Waals surface area contributed by atoms with Crippen molar-refractivity contribution in [3.8, 4) is 11.5 Å². The van der Waals surface area contributed by atoms with Crippen LogP contribution in [0.2, 0.25) is 0 Å². The Bertz CT molecular complexity index is 871. The van der Waals surface area contributed by atoms with Crippen molar-refractivity contribution < 1.29 is 18.3 Å². The Hall–Kier alpha value is -1.32. The van der Waals surface area contributed by atoms with Gasteiger partial charge in [0, 0.05) is 0 Å². The fourth-order valence-electron chi connectivity index (χ4n) is 9.10. The first-order chi connectivity index (χ1) is 18.6. The molecule has 5 rings (SSSR count). The van der Waals surface area contributed by atoms with E-state index in [1.807, 2.05) is 0 Å². The van der Waals surface area contributed by atoms with Crippen LogP contribution in [0.4, 0.5) is 8.78 Å². The number of benzene rings is 1. The lowest BCUT2D eigenvalue weighted by molar-refractivity contribution is 0.0351. The Balaban J connectivity index is 1.03. The molecule has 0 heterocycles. The van der Waals surface area contributed by atoms with Crippen LogP contribution in [-0.4, -0.2) is 13.2 Å². The molecule has 1 aromatic rings. The highest BCUT2D eigenvalue weighted by atomic mass is 19.2. The molecule has 0 aliphatic heterocycles. The third-order valence-electron chi connectivity index (χ3n) is 11.3. The fourth-order valence-corrected chi connectivity index (χ4v) is 9.10. The highest BCUT2D eigenvalue weighted by molar-refractivity contribution is 5.35. The maximum absolute atomic E-state index is 14.4. The van der Waals surface area contributed by atoms with Gasteiger partial charge in [-0.3, -0.25) is 0 Å². The van der Waals surface area contributed by atoms with Crippen molar-refractivity contribution in [2.75, 3.05) is 13.2 Å². The molecule has 4 aliphatic rings. The zero-order valence-corrected chi connectivity index (χ0v) is 24.1. The lowest BCUT2D eigenvalue weighted by atomic mass is 9.58. The molecule has 0 amide bonds. The molecule has 4 unspecified atom stereocenters. The van der Waals surface area contributed by atoms with E-state index >= 15 is 0 Å². The van der Waals surface area contributed by atoms with Crippen LogP contribution in [0.3, 0.4) is 0 Å². The zero-order valence-electron chi connectivity index (χ0n) is 24.1.